The molecule has 4 fully saturated rings. The van der Waals surface area contributed by atoms with Crippen LogP contribution in [0, 0.1) is 58.2 Å². The van der Waals surface area contributed by atoms with Gasteiger partial charge in [0.15, 0.2) is 6.29 Å². The monoisotopic (exact) mass is 504 g/mol. The Morgan fingerprint density at radius 3 is 2.59 bits per heavy atom. The first kappa shape index (κ1) is 25.2. The maximum atomic E-state index is 14.9. The summed E-state index contributed by atoms with van der Waals surface area (Å²) < 4.78 is 19.1. The number of hydrogen-bond acceptors (Lipinski definition) is 5. The van der Waals surface area contributed by atoms with Crippen molar-refractivity contribution in [3.05, 3.63) is 47.5 Å². The number of hydrogen-bond donors (Lipinski definition) is 1. The number of carbonyl (C=O) groups excluding carboxylic acids is 1. The Morgan fingerprint density at radius 2 is 1.92 bits per heavy atom. The highest BCUT2D eigenvalue weighted by molar-refractivity contribution is 5.87. The van der Waals surface area contributed by atoms with E-state index < -0.39 is 28.6 Å². The van der Waals surface area contributed by atoms with E-state index >= 15 is 0 Å². The molecule has 4 bridgehead atoms. The Kier molecular flexibility index (Phi) is 6.10. The maximum Gasteiger partial charge on any atom is 0.318 e. The molecule has 5 nitrogen and oxygen atoms in total. The van der Waals surface area contributed by atoms with Crippen LogP contribution in [-0.2, 0) is 25.6 Å². The molecule has 1 aliphatic heterocycles. The molecular formula is C32H40O5. The molecule has 1 heterocycles. The normalized spacial score (nSPS) is 40.9. The Labute approximate surface area is 220 Å². The zero-order valence-corrected chi connectivity index (χ0v) is 22.3. The molecule has 198 valence electrons. The van der Waals surface area contributed by atoms with Gasteiger partial charge < -0.3 is 19.3 Å². The van der Waals surface area contributed by atoms with Gasteiger partial charge in [0, 0.05) is 17.3 Å². The first-order valence-corrected chi connectivity index (χ1v) is 14.1. The lowest BCUT2D eigenvalue weighted by molar-refractivity contribution is -0.253. The molecule has 0 spiro atoms. The Hall–Kier alpha value is -2.13. The summed E-state index contributed by atoms with van der Waals surface area (Å²) in [5.74, 6) is 3.82. The van der Waals surface area contributed by atoms with Crippen LogP contribution in [0.4, 0.5) is 0 Å². The van der Waals surface area contributed by atoms with Gasteiger partial charge in [-0.05, 0) is 54.4 Å². The van der Waals surface area contributed by atoms with Crippen molar-refractivity contribution in [1.82, 2.24) is 0 Å². The third-order valence-electron chi connectivity index (χ3n) is 10.9. The number of fused-ring (bicyclic) bond motifs is 2. The average molecular weight is 505 g/mol. The van der Waals surface area contributed by atoms with E-state index in [1.807, 2.05) is 30.3 Å². The number of terminal acetylenes is 1. The third kappa shape index (κ3) is 3.07. The molecular weight excluding hydrogens is 464 g/mol. The second kappa shape index (κ2) is 8.97. The number of carbonyl (C=O) groups is 1. The summed E-state index contributed by atoms with van der Waals surface area (Å²) in [6.45, 7) is 7.91. The minimum atomic E-state index is -1.04. The van der Waals surface area contributed by atoms with Gasteiger partial charge in [-0.1, -0.05) is 69.2 Å². The Bertz CT molecular complexity index is 1110. The van der Waals surface area contributed by atoms with Crippen LogP contribution in [0.15, 0.2) is 42.0 Å². The van der Waals surface area contributed by atoms with Crippen LogP contribution in [0.5, 0.6) is 0 Å². The summed E-state index contributed by atoms with van der Waals surface area (Å²) in [6.07, 6.45) is 10.8. The van der Waals surface area contributed by atoms with Crippen molar-refractivity contribution in [3.8, 4) is 12.3 Å². The van der Waals surface area contributed by atoms with Crippen molar-refractivity contribution in [2.75, 3.05) is 13.2 Å². The number of benzene rings is 1. The van der Waals surface area contributed by atoms with Crippen molar-refractivity contribution in [2.24, 2.45) is 45.8 Å². The first-order valence-electron chi connectivity index (χ1n) is 14.1. The van der Waals surface area contributed by atoms with Crippen molar-refractivity contribution in [3.63, 3.8) is 0 Å². The minimum Gasteiger partial charge on any atom is -0.460 e. The smallest absolute Gasteiger partial charge is 0.318 e. The van der Waals surface area contributed by atoms with E-state index in [2.05, 4.69) is 32.8 Å². The minimum absolute atomic E-state index is 0.0307. The summed E-state index contributed by atoms with van der Waals surface area (Å²) >= 11 is 0. The SMILES string of the molecule is C#CCC(O)C12C[C@@H]3[C@H](C)CC[C@H]3C3(C4OCCO4)CC1C=C(C(C)C)C23C(=O)OCc1ccccc1. The molecule has 1 saturated heterocycles. The summed E-state index contributed by atoms with van der Waals surface area (Å²) in [6, 6.07) is 9.84. The van der Waals surface area contributed by atoms with Gasteiger partial charge in [0.2, 0.25) is 0 Å². The van der Waals surface area contributed by atoms with Gasteiger partial charge in [0.05, 0.1) is 19.3 Å². The maximum absolute atomic E-state index is 14.9. The van der Waals surface area contributed by atoms with E-state index in [1.165, 1.54) is 0 Å². The van der Waals surface area contributed by atoms with E-state index in [4.69, 9.17) is 20.6 Å². The van der Waals surface area contributed by atoms with Gasteiger partial charge in [0.25, 0.3) is 0 Å². The molecule has 1 aromatic carbocycles. The predicted molar refractivity (Wildman–Crippen MR) is 140 cm³/mol. The molecule has 4 aliphatic carbocycles. The zero-order valence-electron chi connectivity index (χ0n) is 22.3. The van der Waals surface area contributed by atoms with Crippen LogP contribution in [0.3, 0.4) is 0 Å². The van der Waals surface area contributed by atoms with E-state index in [0.717, 1.165) is 36.8 Å². The zero-order chi connectivity index (χ0) is 26.0. The molecule has 3 saturated carbocycles. The Morgan fingerprint density at radius 1 is 1.19 bits per heavy atom. The summed E-state index contributed by atoms with van der Waals surface area (Å²) in [7, 11) is 0. The third-order valence-corrected chi connectivity index (χ3v) is 10.9. The van der Waals surface area contributed by atoms with Crippen LogP contribution in [-0.4, -0.2) is 36.7 Å². The second-order valence-corrected chi connectivity index (χ2v) is 12.5. The molecule has 37 heavy (non-hydrogen) atoms. The first-order chi connectivity index (χ1) is 17.8. The van der Waals surface area contributed by atoms with Gasteiger partial charge in [-0.2, -0.15) is 0 Å². The largest absolute Gasteiger partial charge is 0.460 e. The molecule has 0 aromatic heterocycles. The molecule has 0 amide bonds. The fourth-order valence-electron chi connectivity index (χ4n) is 9.86. The van der Waals surface area contributed by atoms with Crippen molar-refractivity contribution >= 4 is 5.97 Å². The highest BCUT2D eigenvalue weighted by atomic mass is 16.7. The van der Waals surface area contributed by atoms with Gasteiger partial charge >= 0.3 is 5.97 Å². The molecule has 5 unspecified atom stereocenters. The van der Waals surface area contributed by atoms with Gasteiger partial charge in [-0.3, -0.25) is 4.79 Å². The number of aliphatic hydroxyl groups excluding tert-OH is 1. The highest BCUT2D eigenvalue weighted by Crippen LogP contribution is 2.85. The fraction of sp³-hybridized carbons (Fsp3) is 0.656. The molecule has 1 aromatic rings. The van der Waals surface area contributed by atoms with Crippen LogP contribution in [0.25, 0.3) is 0 Å². The molecule has 6 rings (SSSR count). The topological polar surface area (TPSA) is 65.0 Å². The second-order valence-electron chi connectivity index (χ2n) is 12.5. The average Bonchev–Trinajstić information content (AvgIpc) is 3.65. The van der Waals surface area contributed by atoms with Crippen molar-refractivity contribution < 1.29 is 24.1 Å². The van der Waals surface area contributed by atoms with E-state index in [0.29, 0.717) is 25.0 Å². The summed E-state index contributed by atoms with van der Waals surface area (Å²) in [4.78, 5) is 14.9. The highest BCUT2D eigenvalue weighted by Gasteiger charge is 2.87. The number of rotatable bonds is 7. The quantitative estimate of drug-likeness (QED) is 0.317. The van der Waals surface area contributed by atoms with Crippen molar-refractivity contribution in [1.29, 1.82) is 0 Å². The van der Waals surface area contributed by atoms with Crippen LogP contribution in [0.2, 0.25) is 0 Å². The van der Waals surface area contributed by atoms with Gasteiger partial charge in [-0.15, -0.1) is 12.3 Å². The standard InChI is InChI=1S/C32H40O5/c1-5-9-27(33)30-18-24-21(4)12-13-25(24)31(29-35-14-15-36-29)17-23(30)16-26(20(2)3)32(30,31)28(34)37-19-22-10-7-6-8-11-22/h1,6-8,10-11,16,20-21,23-25,27,29,33H,9,12-15,17-19H2,2-4H3/t21-,23?,24-,25-,27?,30?,31?,32?/m1/s1. The lowest BCUT2D eigenvalue weighted by Crippen LogP contribution is -2.68. The van der Waals surface area contributed by atoms with E-state index in [-0.39, 0.29) is 36.8 Å². The van der Waals surface area contributed by atoms with E-state index in [1.54, 1.807) is 0 Å². The number of aliphatic hydroxyl groups is 1. The molecule has 0 radical (unpaired) electrons. The summed E-state index contributed by atoms with van der Waals surface area (Å²) in [5, 5.41) is 12.0. The summed E-state index contributed by atoms with van der Waals surface area (Å²) in [5.41, 5.74) is -0.297. The lowest BCUT2D eigenvalue weighted by atomic mass is 9.41. The Balaban J connectivity index is 1.57. The number of allylic oxidation sites excluding steroid dienone is 1. The van der Waals surface area contributed by atoms with Crippen LogP contribution >= 0.6 is 0 Å². The molecule has 5 aliphatic rings. The molecule has 8 atom stereocenters. The van der Waals surface area contributed by atoms with Crippen LogP contribution < -0.4 is 0 Å². The van der Waals surface area contributed by atoms with Gasteiger partial charge in [-0.25, -0.2) is 0 Å². The molecule has 1 N–H and O–H groups in total. The lowest BCUT2D eigenvalue weighted by Gasteiger charge is -2.62. The van der Waals surface area contributed by atoms with Gasteiger partial charge in [0.1, 0.15) is 12.0 Å². The fourth-order valence-corrected chi connectivity index (χ4v) is 9.86. The van der Waals surface area contributed by atoms with Crippen LogP contribution in [0.1, 0.15) is 58.4 Å². The molecule has 5 heteroatoms. The number of esters is 1. The predicted octanol–water partition coefficient (Wildman–Crippen LogP) is 5.13. The van der Waals surface area contributed by atoms with E-state index in [9.17, 15) is 9.90 Å². The number of ether oxygens (including phenoxy) is 3. The van der Waals surface area contributed by atoms with Crippen molar-refractivity contribution in [2.45, 2.75) is 71.9 Å².